The number of halogens is 2. The van der Waals surface area contributed by atoms with Gasteiger partial charge in [0.2, 0.25) is 0 Å². The fourth-order valence-corrected chi connectivity index (χ4v) is 5.06. The van der Waals surface area contributed by atoms with Gasteiger partial charge in [-0.1, -0.05) is 143 Å². The molecule has 0 radical (unpaired) electrons. The molecule has 0 rings (SSSR count). The molecule has 0 bridgehead atoms. The SMILES string of the molecule is CCCCCCCCC(Br)C(Br)(CCCCCC)CCCCCC. The number of alkyl halides is 2. The Morgan fingerprint density at radius 3 is 1.42 bits per heavy atom. The van der Waals surface area contributed by atoms with Gasteiger partial charge in [-0.3, -0.25) is 0 Å². The average Bonchev–Trinajstić information content (AvgIpc) is 2.58. The molecular formula is C22H44Br2. The second-order valence-corrected chi connectivity index (χ2v) is 10.4. The minimum absolute atomic E-state index is 0.331. The van der Waals surface area contributed by atoms with Gasteiger partial charge in [0.1, 0.15) is 0 Å². The molecule has 1 unspecified atom stereocenters. The van der Waals surface area contributed by atoms with E-state index >= 15 is 0 Å². The van der Waals surface area contributed by atoms with Crippen LogP contribution in [0, 0.1) is 0 Å². The lowest BCUT2D eigenvalue weighted by Crippen LogP contribution is -2.32. The zero-order chi connectivity index (χ0) is 18.1. The maximum atomic E-state index is 4.20. The third kappa shape index (κ3) is 13.2. The van der Waals surface area contributed by atoms with Crippen molar-refractivity contribution in [2.24, 2.45) is 0 Å². The van der Waals surface area contributed by atoms with Gasteiger partial charge in [-0.15, -0.1) is 0 Å². The summed E-state index contributed by atoms with van der Waals surface area (Å²) >= 11 is 8.28. The quantitative estimate of drug-likeness (QED) is 0.139. The van der Waals surface area contributed by atoms with E-state index in [0.717, 1.165) is 0 Å². The molecule has 2 heteroatoms. The van der Waals surface area contributed by atoms with Gasteiger partial charge in [0.15, 0.2) is 0 Å². The first-order valence-electron chi connectivity index (χ1n) is 10.9. The topological polar surface area (TPSA) is 0 Å². The molecular weight excluding hydrogens is 424 g/mol. The summed E-state index contributed by atoms with van der Waals surface area (Å²) in [6.07, 6.45) is 23.4. The first kappa shape index (κ1) is 25.0. The van der Waals surface area contributed by atoms with Crippen LogP contribution < -0.4 is 0 Å². The van der Waals surface area contributed by atoms with Crippen molar-refractivity contribution < 1.29 is 0 Å². The monoisotopic (exact) mass is 466 g/mol. The Morgan fingerprint density at radius 2 is 0.958 bits per heavy atom. The Morgan fingerprint density at radius 1 is 0.583 bits per heavy atom. The molecule has 0 nitrogen and oxygen atoms in total. The van der Waals surface area contributed by atoms with E-state index in [1.54, 1.807) is 0 Å². The Labute approximate surface area is 170 Å². The van der Waals surface area contributed by atoms with Crippen LogP contribution in [0.1, 0.15) is 130 Å². The summed E-state index contributed by atoms with van der Waals surface area (Å²) < 4.78 is 0.331. The normalized spacial score (nSPS) is 13.4. The van der Waals surface area contributed by atoms with Gasteiger partial charge >= 0.3 is 0 Å². The third-order valence-corrected chi connectivity index (χ3v) is 8.56. The summed E-state index contributed by atoms with van der Waals surface area (Å²) in [5.41, 5.74) is 0. The minimum Gasteiger partial charge on any atom is -0.0875 e. The van der Waals surface area contributed by atoms with Gasteiger partial charge in [0, 0.05) is 9.15 Å². The molecule has 0 fully saturated rings. The van der Waals surface area contributed by atoms with E-state index in [4.69, 9.17) is 0 Å². The van der Waals surface area contributed by atoms with Crippen LogP contribution >= 0.6 is 31.9 Å². The summed E-state index contributed by atoms with van der Waals surface area (Å²) in [4.78, 5) is 0.638. The highest BCUT2D eigenvalue weighted by Gasteiger charge is 2.33. The molecule has 0 aliphatic rings. The second-order valence-electron chi connectivity index (χ2n) is 7.68. The predicted octanol–water partition coefficient (Wildman–Crippen LogP) is 9.57. The molecule has 0 aliphatic carbocycles. The Kier molecular flexibility index (Phi) is 18.1. The zero-order valence-corrected chi connectivity index (χ0v) is 20.0. The average molecular weight is 468 g/mol. The van der Waals surface area contributed by atoms with Crippen LogP contribution in [0.3, 0.4) is 0 Å². The van der Waals surface area contributed by atoms with Crippen LogP contribution in [0.5, 0.6) is 0 Å². The molecule has 1 atom stereocenters. The van der Waals surface area contributed by atoms with Gasteiger partial charge < -0.3 is 0 Å². The van der Waals surface area contributed by atoms with Crippen LogP contribution in [0.4, 0.5) is 0 Å². The van der Waals surface area contributed by atoms with Crippen molar-refractivity contribution in [2.75, 3.05) is 0 Å². The highest BCUT2D eigenvalue weighted by atomic mass is 79.9. The largest absolute Gasteiger partial charge is 0.0875 e. The van der Waals surface area contributed by atoms with E-state index in [1.165, 1.54) is 109 Å². The molecule has 146 valence electrons. The standard InChI is InChI=1S/C22H44Br2/c1-4-7-10-13-14-15-18-21(23)22(24,19-16-11-8-5-2)20-17-12-9-6-3/h21H,4-20H2,1-3H3. The van der Waals surface area contributed by atoms with Crippen LogP contribution in [-0.4, -0.2) is 9.15 Å². The van der Waals surface area contributed by atoms with Crippen LogP contribution in [0.15, 0.2) is 0 Å². The van der Waals surface area contributed by atoms with Crippen LogP contribution in [0.25, 0.3) is 0 Å². The first-order valence-corrected chi connectivity index (χ1v) is 12.6. The summed E-state index contributed by atoms with van der Waals surface area (Å²) in [5.74, 6) is 0. The lowest BCUT2D eigenvalue weighted by molar-refractivity contribution is 0.426. The van der Waals surface area contributed by atoms with Crippen molar-refractivity contribution >= 4 is 31.9 Å². The summed E-state index contributed by atoms with van der Waals surface area (Å²) in [6, 6.07) is 0. The second kappa shape index (κ2) is 17.4. The van der Waals surface area contributed by atoms with Crippen LogP contribution in [-0.2, 0) is 0 Å². The molecule has 0 aromatic rings. The maximum absolute atomic E-state index is 4.20. The van der Waals surface area contributed by atoms with E-state index in [2.05, 4.69) is 52.6 Å². The molecule has 0 spiro atoms. The molecule has 0 N–H and O–H groups in total. The Bertz CT molecular complexity index is 240. The molecule has 24 heavy (non-hydrogen) atoms. The number of hydrogen-bond acceptors (Lipinski definition) is 0. The van der Waals surface area contributed by atoms with Crippen molar-refractivity contribution in [1.82, 2.24) is 0 Å². The van der Waals surface area contributed by atoms with E-state index < -0.39 is 0 Å². The van der Waals surface area contributed by atoms with E-state index in [9.17, 15) is 0 Å². The zero-order valence-electron chi connectivity index (χ0n) is 16.9. The van der Waals surface area contributed by atoms with Gasteiger partial charge in [0.25, 0.3) is 0 Å². The van der Waals surface area contributed by atoms with Crippen molar-refractivity contribution in [3.05, 3.63) is 0 Å². The highest BCUT2D eigenvalue weighted by Crippen LogP contribution is 2.41. The highest BCUT2D eigenvalue weighted by molar-refractivity contribution is 9.12. The first-order chi connectivity index (χ1) is 11.6. The van der Waals surface area contributed by atoms with Crippen molar-refractivity contribution in [3.63, 3.8) is 0 Å². The Balaban J connectivity index is 4.20. The molecule has 0 saturated carbocycles. The van der Waals surface area contributed by atoms with Crippen molar-refractivity contribution in [1.29, 1.82) is 0 Å². The molecule has 0 heterocycles. The van der Waals surface area contributed by atoms with E-state index in [0.29, 0.717) is 9.15 Å². The van der Waals surface area contributed by atoms with Gasteiger partial charge in [-0.2, -0.15) is 0 Å². The lowest BCUT2D eigenvalue weighted by atomic mass is 9.89. The van der Waals surface area contributed by atoms with Gasteiger partial charge in [-0.25, -0.2) is 0 Å². The third-order valence-electron chi connectivity index (χ3n) is 5.26. The molecule has 0 aliphatic heterocycles. The molecule has 0 saturated heterocycles. The van der Waals surface area contributed by atoms with E-state index in [1.807, 2.05) is 0 Å². The van der Waals surface area contributed by atoms with E-state index in [-0.39, 0.29) is 0 Å². The van der Waals surface area contributed by atoms with Crippen LogP contribution in [0.2, 0.25) is 0 Å². The lowest BCUT2D eigenvalue weighted by Gasteiger charge is -2.33. The summed E-state index contributed by atoms with van der Waals surface area (Å²) in [6.45, 7) is 6.90. The fourth-order valence-electron chi connectivity index (χ4n) is 3.49. The molecule has 0 amide bonds. The Hall–Kier alpha value is 0.960. The fraction of sp³-hybridized carbons (Fsp3) is 1.00. The number of hydrogen-bond donors (Lipinski definition) is 0. The van der Waals surface area contributed by atoms with Gasteiger partial charge in [0.05, 0.1) is 0 Å². The van der Waals surface area contributed by atoms with Gasteiger partial charge in [-0.05, 0) is 19.3 Å². The number of rotatable bonds is 18. The van der Waals surface area contributed by atoms with Crippen molar-refractivity contribution in [3.8, 4) is 0 Å². The molecule has 0 aromatic heterocycles. The van der Waals surface area contributed by atoms with Crippen molar-refractivity contribution in [2.45, 2.75) is 139 Å². The number of unbranched alkanes of at least 4 members (excludes halogenated alkanes) is 11. The smallest absolute Gasteiger partial charge is 0.0382 e. The predicted molar refractivity (Wildman–Crippen MR) is 120 cm³/mol. The summed E-state index contributed by atoms with van der Waals surface area (Å²) in [5, 5.41) is 0. The molecule has 0 aromatic carbocycles. The minimum atomic E-state index is 0.331. The maximum Gasteiger partial charge on any atom is 0.0382 e. The summed E-state index contributed by atoms with van der Waals surface area (Å²) in [7, 11) is 0.